The van der Waals surface area contributed by atoms with E-state index in [4.69, 9.17) is 8.83 Å². The third-order valence-corrected chi connectivity index (χ3v) is 4.09. The molecule has 0 fully saturated rings. The fraction of sp³-hybridized carbons (Fsp3) is 0.150. The van der Waals surface area contributed by atoms with E-state index in [-0.39, 0.29) is 18.2 Å². The van der Waals surface area contributed by atoms with E-state index in [2.05, 4.69) is 10.2 Å². The Labute approximate surface area is 150 Å². The lowest BCUT2D eigenvalue weighted by Gasteiger charge is -2.12. The summed E-state index contributed by atoms with van der Waals surface area (Å²) < 4.78 is 11.3. The fourth-order valence-corrected chi connectivity index (χ4v) is 2.75. The molecule has 0 saturated heterocycles. The van der Waals surface area contributed by atoms with Crippen LogP contribution in [0.2, 0.25) is 0 Å². The Morgan fingerprint density at radius 1 is 1.04 bits per heavy atom. The van der Waals surface area contributed by atoms with Gasteiger partial charge in [-0.25, -0.2) is 0 Å². The second-order valence-electron chi connectivity index (χ2n) is 6.18. The van der Waals surface area contributed by atoms with E-state index in [1.165, 1.54) is 4.90 Å². The molecule has 4 aromatic rings. The van der Waals surface area contributed by atoms with Gasteiger partial charge in [0, 0.05) is 18.0 Å². The second kappa shape index (κ2) is 6.48. The molecule has 0 aliphatic rings. The number of benzene rings is 2. The van der Waals surface area contributed by atoms with Crippen molar-refractivity contribution in [2.24, 2.45) is 0 Å². The van der Waals surface area contributed by atoms with Gasteiger partial charge in [0.2, 0.25) is 11.8 Å². The van der Waals surface area contributed by atoms with Gasteiger partial charge in [0.25, 0.3) is 5.91 Å². The standard InChI is InChI=1S/C20H17N3O3/c1-13-8-9-16-15(10-13)11-17(25-16)20(24)23(2)12-18-21-22-19(26-18)14-6-4-3-5-7-14/h3-11H,12H2,1-2H3. The number of fused-ring (bicyclic) bond motifs is 1. The van der Waals surface area contributed by atoms with Gasteiger partial charge in [-0.2, -0.15) is 0 Å². The summed E-state index contributed by atoms with van der Waals surface area (Å²) in [5.41, 5.74) is 2.65. The summed E-state index contributed by atoms with van der Waals surface area (Å²) in [5, 5.41) is 8.97. The third kappa shape index (κ3) is 3.09. The molecule has 0 unspecified atom stereocenters. The zero-order valence-electron chi connectivity index (χ0n) is 14.5. The predicted octanol–water partition coefficient (Wildman–Crippen LogP) is 4.06. The van der Waals surface area contributed by atoms with E-state index in [0.717, 1.165) is 16.5 Å². The Hall–Kier alpha value is -3.41. The van der Waals surface area contributed by atoms with Crippen LogP contribution in [0.4, 0.5) is 0 Å². The molecule has 2 aromatic carbocycles. The summed E-state index contributed by atoms with van der Waals surface area (Å²) in [7, 11) is 1.67. The van der Waals surface area contributed by atoms with Gasteiger partial charge in [0.05, 0.1) is 6.54 Å². The highest BCUT2D eigenvalue weighted by Crippen LogP contribution is 2.22. The summed E-state index contributed by atoms with van der Waals surface area (Å²) in [6.07, 6.45) is 0. The molecule has 0 atom stereocenters. The van der Waals surface area contributed by atoms with Crippen molar-refractivity contribution in [3.8, 4) is 11.5 Å². The van der Waals surface area contributed by atoms with Crippen LogP contribution >= 0.6 is 0 Å². The molecule has 0 bridgehead atoms. The number of nitrogens with zero attached hydrogens (tertiary/aromatic N) is 3. The highest BCUT2D eigenvalue weighted by molar-refractivity contribution is 5.96. The zero-order chi connectivity index (χ0) is 18.1. The normalized spacial score (nSPS) is 11.0. The average molecular weight is 347 g/mol. The molecule has 0 spiro atoms. The molecular weight excluding hydrogens is 330 g/mol. The number of aromatic nitrogens is 2. The molecule has 0 radical (unpaired) electrons. The van der Waals surface area contributed by atoms with Gasteiger partial charge in [-0.05, 0) is 37.3 Å². The van der Waals surface area contributed by atoms with Crippen LogP contribution < -0.4 is 0 Å². The molecule has 4 rings (SSSR count). The van der Waals surface area contributed by atoms with Crippen molar-refractivity contribution in [1.29, 1.82) is 0 Å². The maximum atomic E-state index is 12.6. The van der Waals surface area contributed by atoms with Crippen molar-refractivity contribution in [3.05, 3.63) is 71.8 Å². The van der Waals surface area contributed by atoms with Crippen LogP contribution in [0.15, 0.2) is 63.4 Å². The first kappa shape index (κ1) is 16.1. The van der Waals surface area contributed by atoms with Crippen molar-refractivity contribution in [2.75, 3.05) is 7.05 Å². The number of carbonyl (C=O) groups is 1. The first-order valence-corrected chi connectivity index (χ1v) is 8.23. The van der Waals surface area contributed by atoms with Crippen LogP contribution in [-0.4, -0.2) is 28.1 Å². The molecule has 0 aliphatic carbocycles. The van der Waals surface area contributed by atoms with Gasteiger partial charge in [-0.1, -0.05) is 29.8 Å². The topological polar surface area (TPSA) is 72.4 Å². The van der Waals surface area contributed by atoms with Crippen molar-refractivity contribution >= 4 is 16.9 Å². The van der Waals surface area contributed by atoms with Crippen LogP contribution in [0.5, 0.6) is 0 Å². The van der Waals surface area contributed by atoms with E-state index in [0.29, 0.717) is 17.4 Å². The zero-order valence-corrected chi connectivity index (χ0v) is 14.5. The second-order valence-corrected chi connectivity index (χ2v) is 6.18. The van der Waals surface area contributed by atoms with Crippen molar-refractivity contribution < 1.29 is 13.6 Å². The minimum atomic E-state index is -0.238. The minimum absolute atomic E-state index is 0.203. The van der Waals surface area contributed by atoms with Crippen LogP contribution in [0.25, 0.3) is 22.4 Å². The lowest BCUT2D eigenvalue weighted by molar-refractivity contribution is 0.0744. The Balaban J connectivity index is 1.51. The Morgan fingerprint density at radius 2 is 1.85 bits per heavy atom. The van der Waals surface area contributed by atoms with E-state index in [1.54, 1.807) is 13.1 Å². The van der Waals surface area contributed by atoms with Crippen LogP contribution in [0.3, 0.4) is 0 Å². The largest absolute Gasteiger partial charge is 0.451 e. The monoisotopic (exact) mass is 347 g/mol. The molecule has 2 aromatic heterocycles. The van der Waals surface area contributed by atoms with E-state index < -0.39 is 0 Å². The van der Waals surface area contributed by atoms with E-state index >= 15 is 0 Å². The smallest absolute Gasteiger partial charge is 0.289 e. The summed E-state index contributed by atoms with van der Waals surface area (Å²) in [4.78, 5) is 14.1. The molecule has 6 heteroatoms. The maximum absolute atomic E-state index is 12.6. The number of furan rings is 1. The lowest BCUT2D eigenvalue weighted by Crippen LogP contribution is -2.25. The molecule has 2 heterocycles. The predicted molar refractivity (Wildman–Crippen MR) is 96.5 cm³/mol. The van der Waals surface area contributed by atoms with Gasteiger partial charge < -0.3 is 13.7 Å². The summed E-state index contributed by atoms with van der Waals surface area (Å²) in [5.74, 6) is 0.849. The van der Waals surface area contributed by atoms with Gasteiger partial charge in [0.1, 0.15) is 5.58 Å². The Kier molecular flexibility index (Phi) is 4.01. The number of rotatable bonds is 4. The number of aryl methyl sites for hydroxylation is 1. The summed E-state index contributed by atoms with van der Waals surface area (Å²) in [6.45, 7) is 2.20. The molecule has 0 saturated carbocycles. The van der Waals surface area contributed by atoms with Crippen LogP contribution in [-0.2, 0) is 6.54 Å². The van der Waals surface area contributed by atoms with Crippen molar-refractivity contribution in [2.45, 2.75) is 13.5 Å². The van der Waals surface area contributed by atoms with E-state index in [9.17, 15) is 4.79 Å². The molecule has 26 heavy (non-hydrogen) atoms. The van der Waals surface area contributed by atoms with Gasteiger partial charge in [-0.3, -0.25) is 4.79 Å². The SMILES string of the molecule is Cc1ccc2oc(C(=O)N(C)Cc3nnc(-c4ccccc4)o3)cc2c1. The fourth-order valence-electron chi connectivity index (χ4n) is 2.75. The number of hydrogen-bond acceptors (Lipinski definition) is 5. The first-order chi connectivity index (χ1) is 12.6. The van der Waals surface area contributed by atoms with E-state index in [1.807, 2.05) is 55.5 Å². The average Bonchev–Trinajstić information content (AvgIpc) is 3.28. The molecule has 0 N–H and O–H groups in total. The Bertz CT molecular complexity index is 1070. The first-order valence-electron chi connectivity index (χ1n) is 8.23. The molecule has 0 aliphatic heterocycles. The van der Waals surface area contributed by atoms with Crippen LogP contribution in [0, 0.1) is 6.92 Å². The van der Waals surface area contributed by atoms with Crippen LogP contribution in [0.1, 0.15) is 22.0 Å². The maximum Gasteiger partial charge on any atom is 0.289 e. The highest BCUT2D eigenvalue weighted by Gasteiger charge is 2.19. The van der Waals surface area contributed by atoms with Crippen molar-refractivity contribution in [3.63, 3.8) is 0 Å². The van der Waals surface area contributed by atoms with Gasteiger partial charge in [-0.15, -0.1) is 10.2 Å². The van der Waals surface area contributed by atoms with Crippen molar-refractivity contribution in [1.82, 2.24) is 15.1 Å². The molecule has 130 valence electrons. The third-order valence-electron chi connectivity index (χ3n) is 4.09. The molecule has 6 nitrogen and oxygen atoms in total. The number of amides is 1. The lowest BCUT2D eigenvalue weighted by atomic mass is 10.2. The van der Waals surface area contributed by atoms with Gasteiger partial charge >= 0.3 is 0 Å². The molecule has 1 amide bonds. The summed E-state index contributed by atoms with van der Waals surface area (Å²) in [6, 6.07) is 17.1. The quantitative estimate of drug-likeness (QED) is 0.556. The number of hydrogen-bond donors (Lipinski definition) is 0. The molecular formula is C20H17N3O3. The number of carbonyl (C=O) groups excluding carboxylic acids is 1. The Morgan fingerprint density at radius 3 is 2.65 bits per heavy atom. The summed E-state index contributed by atoms with van der Waals surface area (Å²) >= 11 is 0. The highest BCUT2D eigenvalue weighted by atomic mass is 16.4. The minimum Gasteiger partial charge on any atom is -0.451 e. The van der Waals surface area contributed by atoms with Gasteiger partial charge in [0.15, 0.2) is 5.76 Å².